The Kier molecular flexibility index (Phi) is 10.3. The van der Waals surface area contributed by atoms with Gasteiger partial charge in [-0.1, -0.05) is 18.2 Å². The summed E-state index contributed by atoms with van der Waals surface area (Å²) >= 11 is 1.64. The molecule has 2 aromatic rings. The Morgan fingerprint density at radius 2 is 1.81 bits per heavy atom. The van der Waals surface area contributed by atoms with Crippen LogP contribution in [0.3, 0.4) is 0 Å². The maximum absolute atomic E-state index is 13.9. The SMILES string of the molecule is CNCCC(=O)N1CCN(Cc2ccc(-c3ccccc3F)s2)CC1.Cl.Cl. The molecule has 8 heteroatoms. The number of carbonyl (C=O) groups is 1. The molecule has 1 aliphatic rings. The van der Waals surface area contributed by atoms with Gasteiger partial charge in [0.25, 0.3) is 0 Å². The molecule has 0 saturated carbocycles. The van der Waals surface area contributed by atoms with Crippen molar-refractivity contribution in [2.45, 2.75) is 13.0 Å². The zero-order valence-electron chi connectivity index (χ0n) is 15.3. The topological polar surface area (TPSA) is 35.6 Å². The van der Waals surface area contributed by atoms with Crippen molar-refractivity contribution in [2.24, 2.45) is 0 Å². The zero-order chi connectivity index (χ0) is 17.6. The maximum atomic E-state index is 13.9. The lowest BCUT2D eigenvalue weighted by atomic mass is 10.2. The summed E-state index contributed by atoms with van der Waals surface area (Å²) in [6.45, 7) is 4.93. The van der Waals surface area contributed by atoms with Gasteiger partial charge in [-0.3, -0.25) is 9.69 Å². The minimum atomic E-state index is -0.176. The monoisotopic (exact) mass is 433 g/mol. The van der Waals surface area contributed by atoms with E-state index in [1.807, 2.05) is 30.1 Å². The summed E-state index contributed by atoms with van der Waals surface area (Å²) in [7, 11) is 1.86. The van der Waals surface area contributed by atoms with E-state index in [2.05, 4.69) is 16.3 Å². The molecule has 1 aliphatic heterocycles. The van der Waals surface area contributed by atoms with Gasteiger partial charge >= 0.3 is 0 Å². The smallest absolute Gasteiger partial charge is 0.223 e. The third-order valence-electron chi connectivity index (χ3n) is 4.49. The average Bonchev–Trinajstić information content (AvgIpc) is 3.09. The first kappa shape index (κ1) is 23.9. The summed E-state index contributed by atoms with van der Waals surface area (Å²) in [4.78, 5) is 18.6. The molecule has 0 radical (unpaired) electrons. The van der Waals surface area contributed by atoms with Gasteiger partial charge in [-0.2, -0.15) is 0 Å². The van der Waals surface area contributed by atoms with Crippen molar-refractivity contribution in [3.05, 3.63) is 47.1 Å². The van der Waals surface area contributed by atoms with E-state index in [1.54, 1.807) is 17.4 Å². The molecule has 0 spiro atoms. The van der Waals surface area contributed by atoms with Crippen LogP contribution in [0.1, 0.15) is 11.3 Å². The van der Waals surface area contributed by atoms with Gasteiger partial charge in [0.1, 0.15) is 5.82 Å². The Balaban J connectivity index is 0.00000182. The first-order valence-electron chi connectivity index (χ1n) is 8.65. The van der Waals surface area contributed by atoms with Crippen LogP contribution in [0.5, 0.6) is 0 Å². The van der Waals surface area contributed by atoms with E-state index < -0.39 is 0 Å². The van der Waals surface area contributed by atoms with Crippen molar-refractivity contribution in [1.82, 2.24) is 15.1 Å². The number of hydrogen-bond donors (Lipinski definition) is 1. The van der Waals surface area contributed by atoms with E-state index in [0.29, 0.717) is 12.0 Å². The number of nitrogens with one attached hydrogen (secondary N) is 1. The molecule has 27 heavy (non-hydrogen) atoms. The first-order valence-corrected chi connectivity index (χ1v) is 9.47. The molecular formula is C19H26Cl2FN3OS. The molecule has 0 aliphatic carbocycles. The Morgan fingerprint density at radius 3 is 2.48 bits per heavy atom. The van der Waals surface area contributed by atoms with Crippen LogP contribution in [-0.4, -0.2) is 55.5 Å². The van der Waals surface area contributed by atoms with Gasteiger partial charge in [0.15, 0.2) is 0 Å². The Bertz CT molecular complexity index is 720. The molecule has 150 valence electrons. The molecule has 4 nitrogen and oxygen atoms in total. The molecule has 0 bridgehead atoms. The van der Waals surface area contributed by atoms with Crippen LogP contribution >= 0.6 is 36.2 Å². The normalized spacial score (nSPS) is 14.4. The standard InChI is InChI=1S/C19H24FN3OS.2ClH/c1-21-9-8-19(24)23-12-10-22(11-13-23)14-15-6-7-18(25-15)16-4-2-3-5-17(16)20;;/h2-7,21H,8-14H2,1H3;2*1H. The molecule has 0 unspecified atom stereocenters. The van der Waals surface area contributed by atoms with Crippen molar-refractivity contribution >= 4 is 42.1 Å². The van der Waals surface area contributed by atoms with E-state index in [-0.39, 0.29) is 36.5 Å². The second-order valence-electron chi connectivity index (χ2n) is 6.26. The van der Waals surface area contributed by atoms with Gasteiger partial charge in [0.2, 0.25) is 5.91 Å². The Morgan fingerprint density at radius 1 is 1.11 bits per heavy atom. The highest BCUT2D eigenvalue weighted by Crippen LogP contribution is 2.30. The summed E-state index contributed by atoms with van der Waals surface area (Å²) in [5.41, 5.74) is 0.665. The highest BCUT2D eigenvalue weighted by Gasteiger charge is 2.21. The summed E-state index contributed by atoms with van der Waals surface area (Å²) in [5.74, 6) is 0.0524. The maximum Gasteiger partial charge on any atom is 0.223 e. The molecule has 2 heterocycles. The lowest BCUT2D eigenvalue weighted by molar-refractivity contribution is -0.132. The summed E-state index contributed by atoms with van der Waals surface area (Å²) in [5, 5.41) is 3.02. The highest BCUT2D eigenvalue weighted by atomic mass is 35.5. The van der Waals surface area contributed by atoms with E-state index in [1.165, 1.54) is 10.9 Å². The van der Waals surface area contributed by atoms with Crippen LogP contribution in [0.25, 0.3) is 10.4 Å². The fourth-order valence-corrected chi connectivity index (χ4v) is 4.11. The van der Waals surface area contributed by atoms with Crippen molar-refractivity contribution in [3.63, 3.8) is 0 Å². The number of piperazine rings is 1. The van der Waals surface area contributed by atoms with Crippen molar-refractivity contribution in [2.75, 3.05) is 39.8 Å². The molecule has 1 aromatic heterocycles. The lowest BCUT2D eigenvalue weighted by Gasteiger charge is -2.34. The highest BCUT2D eigenvalue weighted by molar-refractivity contribution is 7.15. The fourth-order valence-electron chi connectivity index (χ4n) is 3.03. The predicted octanol–water partition coefficient (Wildman–Crippen LogP) is 3.65. The van der Waals surface area contributed by atoms with Gasteiger partial charge < -0.3 is 10.2 Å². The second-order valence-corrected chi connectivity index (χ2v) is 7.42. The molecule has 3 rings (SSSR count). The van der Waals surface area contributed by atoms with Crippen LogP contribution in [0, 0.1) is 5.82 Å². The number of benzene rings is 1. The number of halogens is 3. The van der Waals surface area contributed by atoms with Crippen molar-refractivity contribution < 1.29 is 9.18 Å². The van der Waals surface area contributed by atoms with E-state index in [9.17, 15) is 9.18 Å². The number of carbonyl (C=O) groups excluding carboxylic acids is 1. The fraction of sp³-hybridized carbons (Fsp3) is 0.421. The van der Waals surface area contributed by atoms with Gasteiger partial charge in [0.05, 0.1) is 0 Å². The van der Waals surface area contributed by atoms with Crippen molar-refractivity contribution in [1.29, 1.82) is 0 Å². The zero-order valence-corrected chi connectivity index (χ0v) is 17.8. The number of nitrogens with zero attached hydrogens (tertiary/aromatic N) is 2. The molecule has 1 N–H and O–H groups in total. The van der Waals surface area contributed by atoms with Crippen LogP contribution in [0.4, 0.5) is 4.39 Å². The van der Waals surface area contributed by atoms with Crippen LogP contribution in [-0.2, 0) is 11.3 Å². The lowest BCUT2D eigenvalue weighted by Crippen LogP contribution is -2.48. The van der Waals surface area contributed by atoms with Crippen molar-refractivity contribution in [3.8, 4) is 10.4 Å². The minimum Gasteiger partial charge on any atom is -0.340 e. The number of rotatable bonds is 6. The first-order chi connectivity index (χ1) is 12.2. The Labute approximate surface area is 176 Å². The average molecular weight is 434 g/mol. The second kappa shape index (κ2) is 11.6. The summed E-state index contributed by atoms with van der Waals surface area (Å²) < 4.78 is 13.9. The molecule has 1 amide bonds. The van der Waals surface area contributed by atoms with Crippen LogP contribution in [0.15, 0.2) is 36.4 Å². The van der Waals surface area contributed by atoms with E-state index >= 15 is 0 Å². The molecule has 1 saturated heterocycles. The third-order valence-corrected chi connectivity index (χ3v) is 5.60. The van der Waals surface area contributed by atoms with E-state index in [4.69, 9.17) is 0 Å². The quantitative estimate of drug-likeness (QED) is 0.754. The largest absolute Gasteiger partial charge is 0.340 e. The summed E-state index contributed by atoms with van der Waals surface area (Å²) in [6, 6.07) is 11.0. The van der Waals surface area contributed by atoms with Gasteiger partial charge in [0, 0.05) is 61.0 Å². The van der Waals surface area contributed by atoms with Gasteiger partial charge in [-0.25, -0.2) is 4.39 Å². The number of thiophene rings is 1. The molecule has 0 atom stereocenters. The summed E-state index contributed by atoms with van der Waals surface area (Å²) in [6.07, 6.45) is 0.563. The number of amides is 1. The minimum absolute atomic E-state index is 0. The van der Waals surface area contributed by atoms with Gasteiger partial charge in [-0.15, -0.1) is 36.2 Å². The Hall–Kier alpha value is -1.18. The third kappa shape index (κ3) is 6.43. The van der Waals surface area contributed by atoms with Gasteiger partial charge in [-0.05, 0) is 25.2 Å². The molecular weight excluding hydrogens is 408 g/mol. The molecule has 1 fully saturated rings. The van der Waals surface area contributed by atoms with Crippen LogP contribution in [0.2, 0.25) is 0 Å². The van der Waals surface area contributed by atoms with Crippen LogP contribution < -0.4 is 5.32 Å². The number of hydrogen-bond acceptors (Lipinski definition) is 4. The van der Waals surface area contributed by atoms with E-state index in [0.717, 1.165) is 44.1 Å². The molecule has 1 aromatic carbocycles. The predicted molar refractivity (Wildman–Crippen MR) is 115 cm³/mol.